The Morgan fingerprint density at radius 3 is 2.28 bits per heavy atom. The second kappa shape index (κ2) is 9.37. The first kappa shape index (κ1) is 20.6. The smallest absolute Gasteiger partial charge is 0.306 e. The summed E-state index contributed by atoms with van der Waals surface area (Å²) in [6.07, 6.45) is 1.56. The molecule has 1 aliphatic heterocycles. The lowest BCUT2D eigenvalue weighted by Crippen LogP contribution is -2.45. The van der Waals surface area contributed by atoms with Crippen LogP contribution in [0.5, 0.6) is 0 Å². The molecule has 1 aliphatic rings. The van der Waals surface area contributed by atoms with Crippen molar-refractivity contribution in [1.82, 2.24) is 9.80 Å². The van der Waals surface area contributed by atoms with Crippen molar-refractivity contribution in [2.45, 2.75) is 19.3 Å². The number of nitrogens with zero attached hydrogens (tertiary/aromatic N) is 2. The van der Waals surface area contributed by atoms with Crippen LogP contribution >= 0.6 is 0 Å². The van der Waals surface area contributed by atoms with E-state index in [1.54, 1.807) is 18.0 Å². The minimum Gasteiger partial charge on any atom is -0.481 e. The maximum absolute atomic E-state index is 13.0. The van der Waals surface area contributed by atoms with E-state index in [0.29, 0.717) is 37.9 Å². The summed E-state index contributed by atoms with van der Waals surface area (Å²) < 4.78 is 0. The molecule has 2 aromatic carbocycles. The average Bonchev–Trinajstić information content (AvgIpc) is 2.74. The number of rotatable bonds is 6. The number of benzene rings is 2. The molecule has 0 atom stereocenters. The molecule has 0 unspecified atom stereocenters. The molecule has 1 saturated heterocycles. The number of carbonyl (C=O) groups is 3. The lowest BCUT2D eigenvalue weighted by molar-refractivity contribution is -0.145. The first-order valence-corrected chi connectivity index (χ1v) is 9.83. The van der Waals surface area contributed by atoms with Crippen LogP contribution in [0.1, 0.15) is 34.3 Å². The Morgan fingerprint density at radius 1 is 1.00 bits per heavy atom. The Hall–Kier alpha value is -3.15. The number of carbonyl (C=O) groups excluding carboxylic acids is 2. The maximum Gasteiger partial charge on any atom is 0.306 e. The van der Waals surface area contributed by atoms with Gasteiger partial charge in [-0.15, -0.1) is 0 Å². The Labute approximate surface area is 170 Å². The normalized spacial score (nSPS) is 14.4. The van der Waals surface area contributed by atoms with Crippen molar-refractivity contribution in [1.29, 1.82) is 0 Å². The fraction of sp³-hybridized carbons (Fsp3) is 0.348. The SMILES string of the molecule is CN(CC(=O)N1CCC(C(=O)O)CC1)C(=O)c1ccccc1Cc1ccccc1. The molecule has 6 heteroatoms. The van der Waals surface area contributed by atoms with E-state index in [1.807, 2.05) is 48.5 Å². The van der Waals surface area contributed by atoms with Gasteiger partial charge in [0.25, 0.3) is 5.91 Å². The summed E-state index contributed by atoms with van der Waals surface area (Å²) in [5.41, 5.74) is 2.63. The number of carboxylic acids is 1. The van der Waals surface area contributed by atoms with Crippen LogP contribution in [0.3, 0.4) is 0 Å². The van der Waals surface area contributed by atoms with Crippen LogP contribution in [-0.2, 0) is 16.0 Å². The van der Waals surface area contributed by atoms with Gasteiger partial charge in [-0.2, -0.15) is 0 Å². The molecular weight excluding hydrogens is 368 g/mol. The monoisotopic (exact) mass is 394 g/mol. The highest BCUT2D eigenvalue weighted by molar-refractivity contribution is 5.97. The molecule has 0 saturated carbocycles. The van der Waals surface area contributed by atoms with Gasteiger partial charge in [-0.3, -0.25) is 14.4 Å². The highest BCUT2D eigenvalue weighted by atomic mass is 16.4. The van der Waals surface area contributed by atoms with Crippen LogP contribution in [0.4, 0.5) is 0 Å². The Balaban J connectivity index is 1.63. The third kappa shape index (κ3) is 5.22. The van der Waals surface area contributed by atoms with E-state index in [-0.39, 0.29) is 24.3 Å². The topological polar surface area (TPSA) is 77.9 Å². The Kier molecular flexibility index (Phi) is 6.65. The second-order valence-electron chi connectivity index (χ2n) is 7.47. The zero-order chi connectivity index (χ0) is 20.8. The molecule has 1 fully saturated rings. The molecule has 2 amide bonds. The van der Waals surface area contributed by atoms with Crippen molar-refractivity contribution in [3.63, 3.8) is 0 Å². The lowest BCUT2D eigenvalue weighted by Gasteiger charge is -2.31. The highest BCUT2D eigenvalue weighted by Crippen LogP contribution is 2.19. The minimum atomic E-state index is -0.806. The van der Waals surface area contributed by atoms with Gasteiger partial charge >= 0.3 is 5.97 Å². The van der Waals surface area contributed by atoms with Crippen molar-refractivity contribution in [3.8, 4) is 0 Å². The van der Waals surface area contributed by atoms with Crippen molar-refractivity contribution in [2.75, 3.05) is 26.7 Å². The van der Waals surface area contributed by atoms with Gasteiger partial charge in [0.15, 0.2) is 0 Å². The van der Waals surface area contributed by atoms with Gasteiger partial charge in [-0.25, -0.2) is 0 Å². The summed E-state index contributed by atoms with van der Waals surface area (Å²) in [5.74, 6) is -1.53. The molecule has 152 valence electrons. The van der Waals surface area contributed by atoms with Crippen LogP contribution in [0.15, 0.2) is 54.6 Å². The van der Waals surface area contributed by atoms with Crippen molar-refractivity contribution >= 4 is 17.8 Å². The molecule has 0 bridgehead atoms. The van der Waals surface area contributed by atoms with Gasteiger partial charge in [0.2, 0.25) is 5.91 Å². The molecular formula is C23H26N2O4. The predicted octanol–water partition coefficient (Wildman–Crippen LogP) is 2.67. The molecule has 0 spiro atoms. The summed E-state index contributed by atoms with van der Waals surface area (Å²) in [4.78, 5) is 39.7. The second-order valence-corrected chi connectivity index (χ2v) is 7.47. The van der Waals surface area contributed by atoms with Crippen molar-refractivity contribution in [3.05, 3.63) is 71.3 Å². The summed E-state index contributed by atoms with van der Waals surface area (Å²) >= 11 is 0. The van der Waals surface area contributed by atoms with Gasteiger partial charge in [0.05, 0.1) is 12.5 Å². The number of carboxylic acid groups (broad SMARTS) is 1. The fourth-order valence-electron chi connectivity index (χ4n) is 3.66. The van der Waals surface area contributed by atoms with Gasteiger partial charge in [0.1, 0.15) is 0 Å². The van der Waals surface area contributed by atoms with E-state index in [1.165, 1.54) is 4.90 Å². The largest absolute Gasteiger partial charge is 0.481 e. The molecule has 0 aromatic heterocycles. The van der Waals surface area contributed by atoms with Crippen LogP contribution in [0, 0.1) is 5.92 Å². The molecule has 29 heavy (non-hydrogen) atoms. The van der Waals surface area contributed by atoms with Crippen LogP contribution in [0.2, 0.25) is 0 Å². The van der Waals surface area contributed by atoms with Gasteiger partial charge < -0.3 is 14.9 Å². The van der Waals surface area contributed by atoms with E-state index in [0.717, 1.165) is 11.1 Å². The third-order valence-corrected chi connectivity index (χ3v) is 5.40. The quantitative estimate of drug-likeness (QED) is 0.817. The molecule has 2 aromatic rings. The predicted molar refractivity (Wildman–Crippen MR) is 110 cm³/mol. The highest BCUT2D eigenvalue weighted by Gasteiger charge is 2.28. The van der Waals surface area contributed by atoms with Gasteiger partial charge in [0, 0.05) is 25.7 Å². The van der Waals surface area contributed by atoms with Crippen molar-refractivity contribution < 1.29 is 19.5 Å². The van der Waals surface area contributed by atoms with E-state index < -0.39 is 5.97 Å². The molecule has 0 radical (unpaired) electrons. The number of hydrogen-bond acceptors (Lipinski definition) is 3. The number of likely N-dealkylation sites (N-methyl/N-ethyl adjacent to an activating group) is 1. The molecule has 6 nitrogen and oxygen atoms in total. The zero-order valence-electron chi connectivity index (χ0n) is 16.6. The van der Waals surface area contributed by atoms with E-state index >= 15 is 0 Å². The van der Waals surface area contributed by atoms with Gasteiger partial charge in [-0.1, -0.05) is 48.5 Å². The lowest BCUT2D eigenvalue weighted by atomic mass is 9.97. The summed E-state index contributed by atoms with van der Waals surface area (Å²) in [6, 6.07) is 17.4. The first-order valence-electron chi connectivity index (χ1n) is 9.83. The number of aliphatic carboxylic acids is 1. The standard InChI is InChI=1S/C23H26N2O4/c1-24(16-21(26)25-13-11-18(12-14-25)23(28)29)22(27)20-10-6-5-9-19(20)15-17-7-3-2-4-8-17/h2-10,18H,11-16H2,1H3,(H,28,29). The molecule has 0 aliphatic carbocycles. The van der Waals surface area contributed by atoms with Crippen LogP contribution in [0.25, 0.3) is 0 Å². The number of piperidine rings is 1. The number of hydrogen-bond donors (Lipinski definition) is 1. The molecule has 1 heterocycles. The zero-order valence-corrected chi connectivity index (χ0v) is 16.6. The summed E-state index contributed by atoms with van der Waals surface area (Å²) in [7, 11) is 1.63. The van der Waals surface area contributed by atoms with Crippen LogP contribution in [-0.4, -0.2) is 59.4 Å². The average molecular weight is 394 g/mol. The number of likely N-dealkylation sites (tertiary alicyclic amines) is 1. The maximum atomic E-state index is 13.0. The molecule has 1 N–H and O–H groups in total. The van der Waals surface area contributed by atoms with Gasteiger partial charge in [-0.05, 0) is 36.5 Å². The van der Waals surface area contributed by atoms with Crippen LogP contribution < -0.4 is 0 Å². The summed E-state index contributed by atoms with van der Waals surface area (Å²) in [5, 5.41) is 9.08. The fourth-order valence-corrected chi connectivity index (χ4v) is 3.66. The van der Waals surface area contributed by atoms with E-state index in [9.17, 15) is 14.4 Å². The first-order chi connectivity index (χ1) is 14.0. The minimum absolute atomic E-state index is 0.0176. The number of amides is 2. The third-order valence-electron chi connectivity index (χ3n) is 5.40. The Bertz CT molecular complexity index is 873. The van der Waals surface area contributed by atoms with Crippen molar-refractivity contribution in [2.24, 2.45) is 5.92 Å². The van der Waals surface area contributed by atoms with E-state index in [2.05, 4.69) is 0 Å². The Morgan fingerprint density at radius 2 is 1.62 bits per heavy atom. The summed E-state index contributed by atoms with van der Waals surface area (Å²) in [6.45, 7) is 0.821. The van der Waals surface area contributed by atoms with E-state index in [4.69, 9.17) is 5.11 Å². The molecule has 3 rings (SSSR count).